The highest BCUT2D eigenvalue weighted by Gasteiger charge is 2.40. The van der Waals surface area contributed by atoms with Crippen LogP contribution in [0.4, 0.5) is 0 Å². The van der Waals surface area contributed by atoms with Gasteiger partial charge in [-0.3, -0.25) is 0 Å². The van der Waals surface area contributed by atoms with E-state index in [1.54, 1.807) is 0 Å². The van der Waals surface area contributed by atoms with Gasteiger partial charge < -0.3 is 4.74 Å². The fourth-order valence-corrected chi connectivity index (χ4v) is 1.81. The summed E-state index contributed by atoms with van der Waals surface area (Å²) in [6.45, 7) is 5.28. The van der Waals surface area contributed by atoms with Gasteiger partial charge in [-0.05, 0) is 17.7 Å². The highest BCUT2D eigenvalue weighted by molar-refractivity contribution is 6.30. The van der Waals surface area contributed by atoms with Gasteiger partial charge in [0.05, 0.1) is 12.7 Å². The third kappa shape index (κ3) is 1.59. The molecule has 0 aliphatic carbocycles. The summed E-state index contributed by atoms with van der Waals surface area (Å²) < 4.78 is 5.53. The molecule has 13 heavy (non-hydrogen) atoms. The summed E-state index contributed by atoms with van der Waals surface area (Å²) >= 11 is 5.81. The van der Waals surface area contributed by atoms with Crippen molar-refractivity contribution in [2.24, 2.45) is 5.41 Å². The molecule has 1 heterocycles. The van der Waals surface area contributed by atoms with Crippen LogP contribution in [0.25, 0.3) is 0 Å². The second-order valence-electron chi connectivity index (χ2n) is 4.23. The molecule has 1 unspecified atom stereocenters. The molecule has 1 aliphatic heterocycles. The molecule has 0 N–H and O–H groups in total. The van der Waals surface area contributed by atoms with Gasteiger partial charge in [0.1, 0.15) is 0 Å². The van der Waals surface area contributed by atoms with E-state index in [2.05, 4.69) is 13.8 Å². The smallest absolute Gasteiger partial charge is 0.0898 e. The summed E-state index contributed by atoms with van der Waals surface area (Å²) in [4.78, 5) is 0. The summed E-state index contributed by atoms with van der Waals surface area (Å²) in [5.41, 5.74) is 1.49. The first-order valence-electron chi connectivity index (χ1n) is 4.47. The topological polar surface area (TPSA) is 9.23 Å². The first-order chi connectivity index (χ1) is 6.09. The molecule has 0 radical (unpaired) electrons. The van der Waals surface area contributed by atoms with E-state index in [0.29, 0.717) is 0 Å². The Balaban J connectivity index is 2.22. The van der Waals surface area contributed by atoms with Gasteiger partial charge >= 0.3 is 0 Å². The van der Waals surface area contributed by atoms with E-state index in [-0.39, 0.29) is 11.5 Å². The highest BCUT2D eigenvalue weighted by atomic mass is 35.5. The Kier molecular flexibility index (Phi) is 2.09. The summed E-state index contributed by atoms with van der Waals surface area (Å²) in [6.07, 6.45) is 0.241. The van der Waals surface area contributed by atoms with Gasteiger partial charge in [-0.1, -0.05) is 37.6 Å². The lowest BCUT2D eigenvalue weighted by atomic mass is 9.79. The van der Waals surface area contributed by atoms with Crippen LogP contribution in [-0.2, 0) is 4.74 Å². The second kappa shape index (κ2) is 3.00. The van der Waals surface area contributed by atoms with Gasteiger partial charge in [0.2, 0.25) is 0 Å². The maximum Gasteiger partial charge on any atom is 0.0898 e. The van der Waals surface area contributed by atoms with Crippen LogP contribution in [0.3, 0.4) is 0 Å². The third-order valence-corrected chi connectivity index (χ3v) is 2.76. The molecule has 70 valence electrons. The quantitative estimate of drug-likeness (QED) is 0.669. The van der Waals surface area contributed by atoms with E-state index in [9.17, 15) is 0 Å². The molecule has 1 fully saturated rings. The molecule has 0 aromatic heterocycles. The van der Waals surface area contributed by atoms with E-state index in [0.717, 1.165) is 11.6 Å². The summed E-state index contributed by atoms with van der Waals surface area (Å²) in [6, 6.07) is 7.89. The fourth-order valence-electron chi connectivity index (χ4n) is 1.68. The molecule has 1 nitrogen and oxygen atoms in total. The summed E-state index contributed by atoms with van der Waals surface area (Å²) in [5, 5.41) is 0.779. The van der Waals surface area contributed by atoms with Crippen LogP contribution in [0.15, 0.2) is 24.3 Å². The zero-order chi connectivity index (χ0) is 9.47. The van der Waals surface area contributed by atoms with Crippen molar-refractivity contribution in [3.63, 3.8) is 0 Å². The normalized spacial score (nSPS) is 25.3. The van der Waals surface area contributed by atoms with Crippen LogP contribution in [-0.4, -0.2) is 6.61 Å². The van der Waals surface area contributed by atoms with Gasteiger partial charge in [-0.2, -0.15) is 0 Å². The monoisotopic (exact) mass is 196 g/mol. The SMILES string of the molecule is CC1(C)COC1c1ccc(Cl)cc1. The Morgan fingerprint density at radius 2 is 1.92 bits per heavy atom. The molecule has 1 aromatic carbocycles. The Morgan fingerprint density at radius 1 is 1.31 bits per heavy atom. The van der Waals surface area contributed by atoms with Crippen molar-refractivity contribution in [3.05, 3.63) is 34.9 Å². The molecule has 2 rings (SSSR count). The zero-order valence-corrected chi connectivity index (χ0v) is 8.64. The van der Waals surface area contributed by atoms with Gasteiger partial charge in [0, 0.05) is 10.4 Å². The molecular formula is C11H13ClO. The molecule has 1 atom stereocenters. The van der Waals surface area contributed by atoms with Crippen molar-refractivity contribution in [1.82, 2.24) is 0 Å². The summed E-state index contributed by atoms with van der Waals surface area (Å²) in [7, 11) is 0. The van der Waals surface area contributed by atoms with E-state index < -0.39 is 0 Å². The van der Waals surface area contributed by atoms with Gasteiger partial charge in [0.15, 0.2) is 0 Å². The Hall–Kier alpha value is -0.530. The van der Waals surface area contributed by atoms with E-state index >= 15 is 0 Å². The summed E-state index contributed by atoms with van der Waals surface area (Å²) in [5.74, 6) is 0. The molecule has 1 aromatic rings. The van der Waals surface area contributed by atoms with Crippen molar-refractivity contribution in [3.8, 4) is 0 Å². The number of halogens is 1. The largest absolute Gasteiger partial charge is 0.372 e. The van der Waals surface area contributed by atoms with Crippen molar-refractivity contribution in [2.75, 3.05) is 6.61 Å². The lowest BCUT2D eigenvalue weighted by Gasteiger charge is -2.44. The number of hydrogen-bond donors (Lipinski definition) is 0. The van der Waals surface area contributed by atoms with Crippen LogP contribution in [0.2, 0.25) is 5.02 Å². The van der Waals surface area contributed by atoms with Crippen LogP contribution in [0.1, 0.15) is 25.5 Å². The average molecular weight is 197 g/mol. The minimum atomic E-state index is 0.241. The van der Waals surface area contributed by atoms with Crippen LogP contribution in [0, 0.1) is 5.41 Å². The standard InChI is InChI=1S/C11H13ClO/c1-11(2)7-13-10(11)8-3-5-9(12)6-4-8/h3-6,10H,7H2,1-2H3. The molecule has 0 spiro atoms. The molecule has 0 bridgehead atoms. The van der Waals surface area contributed by atoms with Crippen LogP contribution in [0.5, 0.6) is 0 Å². The minimum absolute atomic E-state index is 0.241. The predicted octanol–water partition coefficient (Wildman–Crippen LogP) is 3.44. The molecular weight excluding hydrogens is 184 g/mol. The van der Waals surface area contributed by atoms with Crippen molar-refractivity contribution in [1.29, 1.82) is 0 Å². The van der Waals surface area contributed by atoms with E-state index in [1.807, 2.05) is 24.3 Å². The Morgan fingerprint density at radius 3 is 2.31 bits per heavy atom. The van der Waals surface area contributed by atoms with Crippen molar-refractivity contribution >= 4 is 11.6 Å². The Bertz CT molecular complexity index is 302. The van der Waals surface area contributed by atoms with Crippen molar-refractivity contribution in [2.45, 2.75) is 20.0 Å². The second-order valence-corrected chi connectivity index (χ2v) is 4.67. The predicted molar refractivity (Wildman–Crippen MR) is 53.9 cm³/mol. The maximum atomic E-state index is 5.81. The molecule has 0 amide bonds. The lowest BCUT2D eigenvalue weighted by Crippen LogP contribution is -2.40. The highest BCUT2D eigenvalue weighted by Crippen LogP contribution is 2.45. The molecule has 2 heteroatoms. The van der Waals surface area contributed by atoms with Gasteiger partial charge in [-0.15, -0.1) is 0 Å². The first-order valence-corrected chi connectivity index (χ1v) is 4.84. The zero-order valence-electron chi connectivity index (χ0n) is 7.88. The average Bonchev–Trinajstić information content (AvgIpc) is 2.07. The van der Waals surface area contributed by atoms with Gasteiger partial charge in [0.25, 0.3) is 0 Å². The Labute approximate surface area is 83.7 Å². The molecule has 1 saturated heterocycles. The van der Waals surface area contributed by atoms with Crippen LogP contribution >= 0.6 is 11.6 Å². The third-order valence-electron chi connectivity index (χ3n) is 2.50. The molecule has 1 aliphatic rings. The maximum absolute atomic E-state index is 5.81. The fraction of sp³-hybridized carbons (Fsp3) is 0.455. The van der Waals surface area contributed by atoms with E-state index in [1.165, 1.54) is 5.56 Å². The minimum Gasteiger partial charge on any atom is -0.372 e. The van der Waals surface area contributed by atoms with E-state index in [4.69, 9.17) is 16.3 Å². The van der Waals surface area contributed by atoms with Crippen LogP contribution < -0.4 is 0 Å². The molecule has 0 saturated carbocycles. The number of ether oxygens (including phenoxy) is 1. The number of rotatable bonds is 1. The van der Waals surface area contributed by atoms with Gasteiger partial charge in [-0.25, -0.2) is 0 Å². The lowest BCUT2D eigenvalue weighted by molar-refractivity contribution is -0.172. The van der Waals surface area contributed by atoms with Crippen molar-refractivity contribution < 1.29 is 4.74 Å². The number of benzene rings is 1. The first kappa shape index (κ1) is 9.04. The number of hydrogen-bond acceptors (Lipinski definition) is 1.